The standard InChI is InChI=1S/C60H91N5O13.C21H37N3O5.C6H12N2O.C5H9ClN2O2.C5H10N2O3/c1-11-43-30-37(6)60(63-55(43)72)41(10)53(70)40(9)51(78-60)33-49(69)35(4)20-14-12-15-21-36(5)50-26-17-13-16-25-48(68)39(8)54(71)45(28-27-38(7)66)56(73)62-52(34(2)3)57(74)61-47(32-42-22-18-23-44(67)31-42)58(75)65-29-19-24-46(64-65)59(76)77-50;1-6-17(25)19(14(4)5)23-20(28)16-8-7-11-22-24(16)21(29)15(12-18(26)27)10-9-13(2)3;1-5(9)6-3-2-4-7-8-6;6-3-1-4(5(9)10)8-7-2-3;8-3-1-2-6-7-4(3)5(9)10/h12-13,15-18,21-23,25,31,34-35,37,39-41,43,45-54,64,67-71H,11,14,19-20,24,26-30,32-33H2,1-10H3,(H,61,74)(H,62,73)(H,63,72);13-16,19,22H,6-12H2,1-5H3,(H,23,28)(H,26,27);4-6,8-9H,2-3H2,1H3;3-4,7-8H,1-2H2,(H,9,10);3-4,6-8H,1-2H2,(H,9,10)/b15-12+,17-13+,25-16+,36-21+;;;;/t35-,37-,39-,40-,41-,43-,45+,46-,47-,48-,49-,50-,51-,52-,53-,54+,60+;15-,16+,19?;;;/m01.../s1. The van der Waals surface area contributed by atoms with E-state index in [0.29, 0.717) is 114 Å². The van der Waals surface area contributed by atoms with E-state index in [2.05, 4.69) is 71.3 Å². The molecule has 39 heteroatoms. The van der Waals surface area contributed by atoms with Gasteiger partial charge in [0.05, 0.1) is 67.2 Å². The first-order valence-electron chi connectivity index (χ1n) is 48.5. The average molecular weight is 1940 g/mol. The molecule has 0 aromatic heterocycles. The summed E-state index contributed by atoms with van der Waals surface area (Å²) in [5.41, 5.74) is 19.5. The molecule has 1 aromatic rings. The number of phenols is 1. The Morgan fingerprint density at radius 3 is 2.09 bits per heavy atom. The number of aromatic hydroxyl groups is 1. The van der Waals surface area contributed by atoms with Crippen LogP contribution in [-0.2, 0) is 73.4 Å². The number of allylic oxidation sites excluding steroid dienone is 5. The number of hydrazone groups is 1. The lowest BCUT2D eigenvalue weighted by Crippen LogP contribution is -2.71. The quantitative estimate of drug-likeness (QED) is 0.0268. The van der Waals surface area contributed by atoms with Crippen LogP contribution in [0.5, 0.6) is 5.75 Å². The summed E-state index contributed by atoms with van der Waals surface area (Å²) in [7, 11) is 0. The van der Waals surface area contributed by atoms with E-state index in [4.69, 9.17) is 41.5 Å². The van der Waals surface area contributed by atoms with Crippen LogP contribution in [0.1, 0.15) is 245 Å². The number of benzene rings is 1. The third-order valence-corrected chi connectivity index (χ3v) is 26.9. The molecular weight excluding hydrogens is 1780 g/mol. The second-order valence-corrected chi connectivity index (χ2v) is 39.2. The zero-order chi connectivity index (χ0) is 102. The van der Waals surface area contributed by atoms with Crippen LogP contribution in [0, 0.1) is 65.1 Å². The number of hydrogen-bond acceptors (Lipinski definition) is 29. The number of hydrazine groups is 4. The Bertz CT molecular complexity index is 4160. The van der Waals surface area contributed by atoms with Crippen LogP contribution >= 0.6 is 11.6 Å². The Morgan fingerprint density at radius 2 is 1.51 bits per heavy atom. The van der Waals surface area contributed by atoms with Crippen molar-refractivity contribution < 1.29 is 118 Å². The molecule has 0 aliphatic carbocycles. The maximum atomic E-state index is 14.5. The first kappa shape index (κ1) is 118. The minimum Gasteiger partial charge on any atom is -0.508 e. The van der Waals surface area contributed by atoms with Crippen molar-refractivity contribution in [2.75, 3.05) is 26.2 Å². The number of aliphatic hydroxyl groups is 6. The Hall–Kier alpha value is -8.74. The van der Waals surface area contributed by atoms with E-state index in [0.717, 1.165) is 25.7 Å². The van der Waals surface area contributed by atoms with Crippen LogP contribution in [0.3, 0.4) is 0 Å². The molecular formula is C97H159ClN14O24. The van der Waals surface area contributed by atoms with Crippen molar-refractivity contribution in [2.45, 2.75) is 354 Å². The van der Waals surface area contributed by atoms with Crippen LogP contribution < -0.4 is 59.2 Å². The molecule has 6 saturated heterocycles. The van der Waals surface area contributed by atoms with Crippen molar-refractivity contribution in [3.05, 3.63) is 77.9 Å². The number of carboxylic acids is 3. The predicted octanol–water partition coefficient (Wildman–Crippen LogP) is 5.48. The molecule has 21 N–H and O–H groups in total. The van der Waals surface area contributed by atoms with Crippen molar-refractivity contribution in [1.82, 2.24) is 69.3 Å². The maximum Gasteiger partial charge on any atom is 0.325 e. The van der Waals surface area contributed by atoms with Gasteiger partial charge in [-0.15, -0.1) is 11.6 Å². The number of cyclic esters (lactones) is 1. The van der Waals surface area contributed by atoms with Crippen molar-refractivity contribution >= 4 is 88.7 Å². The zero-order valence-electron chi connectivity index (χ0n) is 82.2. The van der Waals surface area contributed by atoms with Gasteiger partial charge in [0.25, 0.3) is 5.91 Å². The Morgan fingerprint density at radius 1 is 0.794 bits per heavy atom. The monoisotopic (exact) mass is 1940 g/mol. The van der Waals surface area contributed by atoms with Gasteiger partial charge in [0.2, 0.25) is 29.5 Å². The molecule has 6 fully saturated rings. The number of rotatable bonds is 29. The number of fused-ring (bicyclic) bond motifs is 2. The van der Waals surface area contributed by atoms with E-state index in [9.17, 15) is 88.2 Å². The molecule has 8 aliphatic rings. The molecule has 0 saturated carbocycles. The molecule has 2 bridgehead atoms. The van der Waals surface area contributed by atoms with E-state index in [-0.39, 0.29) is 127 Å². The molecule has 1 spiro atoms. The molecule has 1 aromatic carbocycles. The van der Waals surface area contributed by atoms with Crippen molar-refractivity contribution in [2.24, 2.45) is 70.2 Å². The summed E-state index contributed by atoms with van der Waals surface area (Å²) in [5, 5.41) is 118. The first-order valence-corrected chi connectivity index (χ1v) is 49.0. The summed E-state index contributed by atoms with van der Waals surface area (Å²) in [5.74, 6) is -10.4. The number of phenolic OH excluding ortho intramolecular Hbond substituents is 1. The number of alkyl halides is 1. The molecule has 38 nitrogen and oxygen atoms in total. The zero-order valence-corrected chi connectivity index (χ0v) is 82.9. The lowest BCUT2D eigenvalue weighted by atomic mass is 9.69. The van der Waals surface area contributed by atoms with Gasteiger partial charge in [0, 0.05) is 105 Å². The number of carboxylic acid groups (broad SMARTS) is 3. The third kappa shape index (κ3) is 37.4. The van der Waals surface area contributed by atoms with Gasteiger partial charge in [-0.05, 0) is 158 Å². The fourth-order valence-electron chi connectivity index (χ4n) is 17.5. The van der Waals surface area contributed by atoms with Crippen molar-refractivity contribution in [3.63, 3.8) is 0 Å². The lowest BCUT2D eigenvalue weighted by Gasteiger charge is -2.56. The summed E-state index contributed by atoms with van der Waals surface area (Å²) in [6.45, 7) is 31.4. The predicted molar refractivity (Wildman–Crippen MR) is 511 cm³/mol. The highest BCUT2D eigenvalue weighted by Crippen LogP contribution is 2.46. The van der Waals surface area contributed by atoms with Crippen LogP contribution in [0.25, 0.3) is 0 Å². The summed E-state index contributed by atoms with van der Waals surface area (Å²) in [6, 6.07) is 0.302. The van der Waals surface area contributed by atoms with Crippen LogP contribution in [0.15, 0.2) is 77.5 Å². The molecule has 768 valence electrons. The van der Waals surface area contributed by atoms with E-state index in [1.54, 1.807) is 65.0 Å². The molecule has 8 heterocycles. The number of esters is 1. The number of carbonyl (C=O) groups is 12. The topological polar surface area (TPSA) is 577 Å². The third-order valence-electron chi connectivity index (χ3n) is 26.6. The minimum atomic E-state index is -1.43. The van der Waals surface area contributed by atoms with E-state index >= 15 is 0 Å². The van der Waals surface area contributed by atoms with Crippen LogP contribution in [0.4, 0.5) is 0 Å². The highest BCUT2D eigenvalue weighted by molar-refractivity contribution is 6.21. The van der Waals surface area contributed by atoms with Gasteiger partial charge >= 0.3 is 23.9 Å². The number of aliphatic carboxylic acids is 3. The number of nitrogens with one attached hydrogen (secondary N) is 11. The highest BCUT2D eigenvalue weighted by Gasteiger charge is 2.57. The fourth-order valence-corrected chi connectivity index (χ4v) is 17.8. The number of piperidine rings is 1. The molecule has 26 atom stereocenters. The molecule has 8 aliphatic heterocycles. The second-order valence-electron chi connectivity index (χ2n) is 38.6. The molecule has 9 rings (SSSR count). The van der Waals surface area contributed by atoms with Gasteiger partial charge < -0.3 is 92.0 Å². The van der Waals surface area contributed by atoms with Gasteiger partial charge in [-0.1, -0.05) is 151 Å². The second kappa shape index (κ2) is 59.0. The summed E-state index contributed by atoms with van der Waals surface area (Å²) in [6.07, 6.45) is 16.7. The highest BCUT2D eigenvalue weighted by atomic mass is 35.5. The Kier molecular flexibility index (Phi) is 51.1. The smallest absolute Gasteiger partial charge is 0.325 e. The molecule has 7 unspecified atom stereocenters. The number of amides is 6. The Labute approximate surface area is 806 Å². The summed E-state index contributed by atoms with van der Waals surface area (Å²) < 4.78 is 12.9. The normalized spacial score (nSPS) is 31.0. The number of carbonyl (C=O) groups excluding carboxylic acids is 9. The number of aliphatic hydroxyl groups excluding tert-OH is 6. The Balaban J connectivity index is 0.000000447. The first-order chi connectivity index (χ1) is 64.2. The number of nitrogens with zero attached hydrogens (tertiary/aromatic N) is 3. The van der Waals surface area contributed by atoms with Crippen LogP contribution in [0.2, 0.25) is 0 Å². The van der Waals surface area contributed by atoms with Crippen molar-refractivity contribution in [3.8, 4) is 5.75 Å². The number of ether oxygens (including phenoxy) is 2. The van der Waals surface area contributed by atoms with Gasteiger partial charge in [-0.2, -0.15) is 5.10 Å². The van der Waals surface area contributed by atoms with Crippen LogP contribution in [-0.4, -0.2) is 273 Å². The van der Waals surface area contributed by atoms with Crippen molar-refractivity contribution in [1.29, 1.82) is 0 Å². The average Bonchev–Trinajstić information content (AvgIpc) is 0.737. The largest absolute Gasteiger partial charge is 0.508 e. The van der Waals surface area contributed by atoms with E-state index in [1.807, 2.05) is 86.8 Å². The van der Waals surface area contributed by atoms with Gasteiger partial charge in [0.15, 0.2) is 5.78 Å². The van der Waals surface area contributed by atoms with Gasteiger partial charge in [0.1, 0.15) is 59.6 Å². The molecule has 136 heavy (non-hydrogen) atoms. The maximum absolute atomic E-state index is 14.5. The fraction of sp³-hybridized carbons (Fsp3) is 0.722. The number of hydrogen-bond donors (Lipinski definition) is 21. The van der Waals surface area contributed by atoms with Gasteiger partial charge in [-0.25, -0.2) is 21.7 Å². The van der Waals surface area contributed by atoms with E-state index < -0.39 is 156 Å². The number of Topliss-reactive ketones (excluding diaryl/α,β-unsaturated/α-hetero) is 2. The summed E-state index contributed by atoms with van der Waals surface area (Å²) >= 11 is 5.69. The minimum absolute atomic E-state index is 0.0254. The summed E-state index contributed by atoms with van der Waals surface area (Å²) in [4.78, 5) is 152. The SMILES string of the molecule is CC(O)C1CCC=NN1.CCC(=O)C(NC(=O)[C@@H]1CCCNN1C(=O)[C@H](CCC(C)C)CC(=O)O)C(C)C.CC[C@H]1C[C@H](C)[C@@]2(NC1=O)O[C@@H](C[C@H](O)[C@@H](C)CC/C=C/C=C(\C)[C@@H]1C/C=C/C=C/[C@H](O)[C@H](C)[C@@H](O)[C@@H](CCC(C)=O)C(=O)N[C@@H](C(C)C)C(=O)N[C@@H](Cc3cccc(O)c3)C(=O)N3CCC[C@H](N3)C(=O)O1)[C@H](C)[C@H](O)[C@@H]2C.O=C(O)C1CC(Cl)CNN1.O=C(O)C1NNCCC1O. The van der Waals surface area contributed by atoms with E-state index in [1.165, 1.54) is 35.2 Å². The molecule has 0 radical (unpaired) electrons. The number of ketones is 2. The van der Waals surface area contributed by atoms with Gasteiger partial charge in [-0.3, -0.25) is 73.6 Å². The number of halogens is 1. The lowest BCUT2D eigenvalue weighted by molar-refractivity contribution is -0.267. The molecule has 6 amide bonds.